The van der Waals surface area contributed by atoms with Gasteiger partial charge in [-0.05, 0) is 19.1 Å². The van der Waals surface area contributed by atoms with Gasteiger partial charge in [-0.1, -0.05) is 0 Å². The van der Waals surface area contributed by atoms with Crippen molar-refractivity contribution in [2.75, 3.05) is 6.61 Å². The van der Waals surface area contributed by atoms with Gasteiger partial charge in [-0.3, -0.25) is 0 Å². The molecule has 102 valence electrons. The van der Waals surface area contributed by atoms with Gasteiger partial charge in [0.05, 0.1) is 24.8 Å². The number of hydrogen-bond acceptors (Lipinski definition) is 5. The first-order chi connectivity index (χ1) is 9.03. The third kappa shape index (κ3) is 3.63. The van der Waals surface area contributed by atoms with Crippen LogP contribution in [0.4, 0.5) is 8.78 Å². The van der Waals surface area contributed by atoms with Crippen molar-refractivity contribution in [2.45, 2.75) is 20.1 Å². The third-order valence-corrected chi connectivity index (χ3v) is 2.17. The van der Waals surface area contributed by atoms with Crippen LogP contribution in [-0.2, 0) is 11.3 Å². The molecular weight excluding hydrogens is 260 g/mol. The summed E-state index contributed by atoms with van der Waals surface area (Å²) < 4.78 is 33.6. The van der Waals surface area contributed by atoms with Gasteiger partial charge < -0.3 is 14.6 Å². The number of carbonyl (C=O) groups excluding carboxylic acids is 1. The van der Waals surface area contributed by atoms with E-state index in [1.54, 1.807) is 13.0 Å². The van der Waals surface area contributed by atoms with E-state index in [9.17, 15) is 13.6 Å². The minimum Gasteiger partial charge on any atom is -0.462 e. The molecule has 0 aliphatic carbocycles. The zero-order valence-corrected chi connectivity index (χ0v) is 10.0. The van der Waals surface area contributed by atoms with Crippen LogP contribution in [0.5, 0.6) is 5.75 Å². The third-order valence-electron chi connectivity index (χ3n) is 2.17. The Morgan fingerprint density at radius 2 is 2.21 bits per heavy atom. The Kier molecular flexibility index (Phi) is 5.21. The van der Waals surface area contributed by atoms with Gasteiger partial charge in [-0.2, -0.15) is 14.0 Å². The molecule has 0 unspecified atom stereocenters. The van der Waals surface area contributed by atoms with Gasteiger partial charge in [0, 0.05) is 5.56 Å². The fourth-order valence-corrected chi connectivity index (χ4v) is 1.46. The normalized spacial score (nSPS) is 10.1. The van der Waals surface area contributed by atoms with E-state index >= 15 is 0 Å². The lowest BCUT2D eigenvalue weighted by Gasteiger charge is -2.14. The molecule has 0 saturated carbocycles. The molecule has 1 rings (SSSR count). The Bertz CT molecular complexity index is 511. The lowest BCUT2D eigenvalue weighted by Crippen LogP contribution is -2.13. The average molecular weight is 271 g/mol. The van der Waals surface area contributed by atoms with E-state index in [1.165, 1.54) is 6.07 Å². The predicted molar refractivity (Wildman–Crippen MR) is 59.7 cm³/mol. The van der Waals surface area contributed by atoms with Gasteiger partial charge in [0.2, 0.25) is 0 Å². The number of esters is 1. The summed E-state index contributed by atoms with van der Waals surface area (Å²) in [6, 6.07) is 4.00. The van der Waals surface area contributed by atoms with Gasteiger partial charge in [0.1, 0.15) is 11.3 Å². The second kappa shape index (κ2) is 6.66. The van der Waals surface area contributed by atoms with Crippen molar-refractivity contribution >= 4 is 5.97 Å². The van der Waals surface area contributed by atoms with Crippen LogP contribution in [0.25, 0.3) is 0 Å². The highest BCUT2D eigenvalue weighted by molar-refractivity contribution is 5.93. The predicted octanol–water partition coefficient (Wildman–Crippen LogP) is 1.83. The van der Waals surface area contributed by atoms with E-state index in [-0.39, 0.29) is 23.3 Å². The molecule has 0 atom stereocenters. The zero-order chi connectivity index (χ0) is 14.4. The first kappa shape index (κ1) is 14.9. The van der Waals surface area contributed by atoms with Gasteiger partial charge in [0.25, 0.3) is 0 Å². The first-order valence-electron chi connectivity index (χ1n) is 5.33. The lowest BCUT2D eigenvalue weighted by molar-refractivity contribution is -0.0515. The maximum absolute atomic E-state index is 12.3. The van der Waals surface area contributed by atoms with E-state index in [2.05, 4.69) is 4.74 Å². The van der Waals surface area contributed by atoms with E-state index in [0.29, 0.717) is 0 Å². The van der Waals surface area contributed by atoms with Gasteiger partial charge >= 0.3 is 12.6 Å². The van der Waals surface area contributed by atoms with Crippen molar-refractivity contribution in [1.82, 2.24) is 0 Å². The molecule has 19 heavy (non-hydrogen) atoms. The quantitative estimate of drug-likeness (QED) is 0.826. The Hall–Kier alpha value is -2.20. The molecule has 1 aromatic carbocycles. The Labute approximate surface area is 108 Å². The topological polar surface area (TPSA) is 79.6 Å². The van der Waals surface area contributed by atoms with Crippen molar-refractivity contribution in [1.29, 1.82) is 5.26 Å². The van der Waals surface area contributed by atoms with Crippen molar-refractivity contribution in [3.05, 3.63) is 28.8 Å². The maximum Gasteiger partial charge on any atom is 0.387 e. The molecule has 7 heteroatoms. The number of hydrogen-bond donors (Lipinski definition) is 1. The monoisotopic (exact) mass is 271 g/mol. The number of alkyl halides is 2. The highest BCUT2D eigenvalue weighted by Gasteiger charge is 2.21. The largest absolute Gasteiger partial charge is 0.462 e. The van der Waals surface area contributed by atoms with Gasteiger partial charge in [-0.25, -0.2) is 4.79 Å². The summed E-state index contributed by atoms with van der Waals surface area (Å²) in [5.41, 5.74) is -0.360. The number of nitrogens with zero attached hydrogens (tertiary/aromatic N) is 1. The minimum absolute atomic E-state index is 0.0359. The van der Waals surface area contributed by atoms with Crippen LogP contribution in [0, 0.1) is 11.3 Å². The number of ether oxygens (including phenoxy) is 2. The van der Waals surface area contributed by atoms with Crippen LogP contribution < -0.4 is 4.74 Å². The molecule has 5 nitrogen and oxygen atoms in total. The highest BCUT2D eigenvalue weighted by Crippen LogP contribution is 2.28. The number of benzene rings is 1. The number of rotatable bonds is 5. The fraction of sp³-hybridized carbons (Fsp3) is 0.333. The molecule has 0 radical (unpaired) electrons. The summed E-state index contributed by atoms with van der Waals surface area (Å²) >= 11 is 0. The van der Waals surface area contributed by atoms with Crippen LogP contribution in [0.1, 0.15) is 28.4 Å². The molecule has 0 bridgehead atoms. The second-order valence-electron chi connectivity index (χ2n) is 3.38. The molecule has 0 aliphatic heterocycles. The molecule has 0 fully saturated rings. The number of aliphatic hydroxyl groups is 1. The molecule has 0 heterocycles. The fourth-order valence-electron chi connectivity index (χ4n) is 1.46. The van der Waals surface area contributed by atoms with Gasteiger partial charge in [0.15, 0.2) is 0 Å². The van der Waals surface area contributed by atoms with Crippen LogP contribution in [0.15, 0.2) is 12.1 Å². The van der Waals surface area contributed by atoms with Crippen LogP contribution in [-0.4, -0.2) is 24.3 Å². The first-order valence-corrected chi connectivity index (χ1v) is 5.33. The standard InChI is InChI=1S/C12H11F2NO4/c1-2-18-11(17)9-4-7(5-15)3-8(6-16)10(9)19-12(13)14/h3-4,12,16H,2,6H2,1H3. The smallest absolute Gasteiger partial charge is 0.387 e. The molecule has 0 spiro atoms. The van der Waals surface area contributed by atoms with E-state index in [0.717, 1.165) is 6.07 Å². The number of aliphatic hydroxyl groups excluding tert-OH is 1. The molecular formula is C12H11F2NO4. The van der Waals surface area contributed by atoms with E-state index < -0.39 is 24.9 Å². The summed E-state index contributed by atoms with van der Waals surface area (Å²) in [6.45, 7) is -2.22. The minimum atomic E-state index is -3.16. The number of nitriles is 1. The van der Waals surface area contributed by atoms with Crippen LogP contribution in [0.2, 0.25) is 0 Å². The highest BCUT2D eigenvalue weighted by atomic mass is 19.3. The summed E-state index contributed by atoms with van der Waals surface area (Å²) in [5.74, 6) is -1.38. The SMILES string of the molecule is CCOC(=O)c1cc(C#N)cc(CO)c1OC(F)F. The van der Waals surface area contributed by atoms with E-state index in [1.807, 2.05) is 0 Å². The molecule has 1 aromatic rings. The second-order valence-corrected chi connectivity index (χ2v) is 3.38. The summed E-state index contributed by atoms with van der Waals surface area (Å²) in [4.78, 5) is 11.6. The van der Waals surface area contributed by atoms with Crippen LogP contribution >= 0.6 is 0 Å². The van der Waals surface area contributed by atoms with Crippen molar-refractivity contribution in [2.24, 2.45) is 0 Å². The zero-order valence-electron chi connectivity index (χ0n) is 10.0. The Morgan fingerprint density at radius 1 is 1.53 bits per heavy atom. The van der Waals surface area contributed by atoms with Crippen molar-refractivity contribution in [3.63, 3.8) is 0 Å². The maximum atomic E-state index is 12.3. The summed E-state index contributed by atoms with van der Waals surface area (Å²) in [7, 11) is 0. The number of carbonyl (C=O) groups is 1. The summed E-state index contributed by atoms with van der Waals surface area (Å²) in [5, 5.41) is 17.9. The Morgan fingerprint density at radius 3 is 2.68 bits per heavy atom. The number of halogens is 2. The average Bonchev–Trinajstić information content (AvgIpc) is 2.38. The van der Waals surface area contributed by atoms with Gasteiger partial charge in [-0.15, -0.1) is 0 Å². The lowest BCUT2D eigenvalue weighted by atomic mass is 10.0. The molecule has 0 aromatic heterocycles. The van der Waals surface area contributed by atoms with Crippen LogP contribution in [0.3, 0.4) is 0 Å². The Balaban J connectivity index is 3.37. The molecule has 0 aliphatic rings. The van der Waals surface area contributed by atoms with Crippen molar-refractivity contribution < 1.29 is 28.2 Å². The molecule has 0 saturated heterocycles. The molecule has 1 N–H and O–H groups in total. The molecule has 0 amide bonds. The summed E-state index contributed by atoms with van der Waals surface area (Å²) in [6.07, 6.45) is 0. The van der Waals surface area contributed by atoms with Crippen molar-refractivity contribution in [3.8, 4) is 11.8 Å². The van der Waals surface area contributed by atoms with E-state index in [4.69, 9.17) is 15.1 Å².